The molecular weight excluding hydrogens is 416 g/mol. The van der Waals surface area contributed by atoms with Gasteiger partial charge in [-0.15, -0.1) is 0 Å². The van der Waals surface area contributed by atoms with Crippen LogP contribution >= 0.6 is 0 Å². The van der Waals surface area contributed by atoms with E-state index in [1.165, 1.54) is 13.8 Å². The van der Waals surface area contributed by atoms with Gasteiger partial charge in [0.05, 0.1) is 6.10 Å². The highest BCUT2D eigenvalue weighted by Crippen LogP contribution is 2.73. The zero-order chi connectivity index (χ0) is 24.6. The van der Waals surface area contributed by atoms with E-state index in [0.717, 1.165) is 38.5 Å². The number of hydrogen-bond acceptors (Lipinski definition) is 5. The summed E-state index contributed by atoms with van der Waals surface area (Å²) < 4.78 is 11.6. The minimum atomic E-state index is -0.315. The van der Waals surface area contributed by atoms with Crippen molar-refractivity contribution in [3.63, 3.8) is 0 Å². The fourth-order valence-corrected chi connectivity index (χ4v) is 9.28. The SMILES string of the molecule is CC(=O)O[C@@H](C)[C@H]1[C@@H](OC(C)=O)C[C@@]2(C)[C@@H]3CCC4C(C)(C)[C@@H](O)CC[C@]4(C)C3=CC[C@]12C. The Bertz CT molecular complexity index is 860. The number of ether oxygens (including phenoxy) is 2. The first kappa shape index (κ1) is 24.8. The van der Waals surface area contributed by atoms with Gasteiger partial charge in [-0.25, -0.2) is 0 Å². The zero-order valence-electron chi connectivity index (χ0n) is 21.9. The lowest BCUT2D eigenvalue weighted by atomic mass is 9.41. The number of carbonyl (C=O) groups excluding carboxylic acids is 2. The van der Waals surface area contributed by atoms with Crippen molar-refractivity contribution in [2.75, 3.05) is 0 Å². The predicted octanol–water partition coefficient (Wildman–Crippen LogP) is 5.45. The first-order chi connectivity index (χ1) is 15.2. The molecule has 33 heavy (non-hydrogen) atoms. The molecule has 9 atom stereocenters. The number of fused-ring (bicyclic) bond motifs is 5. The molecule has 5 heteroatoms. The van der Waals surface area contributed by atoms with Crippen molar-refractivity contribution in [3.8, 4) is 0 Å². The Morgan fingerprint density at radius 1 is 1.03 bits per heavy atom. The summed E-state index contributed by atoms with van der Waals surface area (Å²) in [6, 6.07) is 0. The molecule has 0 aromatic rings. The first-order valence-electron chi connectivity index (χ1n) is 12.9. The van der Waals surface area contributed by atoms with E-state index in [-0.39, 0.29) is 57.8 Å². The average molecular weight is 461 g/mol. The fourth-order valence-electron chi connectivity index (χ4n) is 9.28. The van der Waals surface area contributed by atoms with Crippen LogP contribution in [0.3, 0.4) is 0 Å². The van der Waals surface area contributed by atoms with Crippen molar-refractivity contribution in [3.05, 3.63) is 11.6 Å². The molecule has 3 saturated carbocycles. The Hall–Kier alpha value is -1.36. The second-order valence-corrected chi connectivity index (χ2v) is 12.9. The maximum atomic E-state index is 12.1. The number of aliphatic hydroxyl groups excluding tert-OH is 1. The number of carbonyl (C=O) groups is 2. The van der Waals surface area contributed by atoms with Gasteiger partial charge in [-0.2, -0.15) is 0 Å². The Balaban J connectivity index is 1.76. The van der Waals surface area contributed by atoms with Crippen LogP contribution < -0.4 is 0 Å². The fraction of sp³-hybridized carbons (Fsp3) is 0.857. The molecule has 0 bridgehead atoms. The van der Waals surface area contributed by atoms with Gasteiger partial charge in [0.25, 0.3) is 0 Å². The molecule has 186 valence electrons. The number of rotatable bonds is 3. The third kappa shape index (κ3) is 3.43. The van der Waals surface area contributed by atoms with Crippen molar-refractivity contribution in [1.82, 2.24) is 0 Å². The van der Waals surface area contributed by atoms with Crippen LogP contribution in [0.2, 0.25) is 0 Å². The summed E-state index contributed by atoms with van der Waals surface area (Å²) in [5.74, 6) is 0.284. The molecule has 0 saturated heterocycles. The molecule has 4 aliphatic carbocycles. The molecule has 0 aromatic carbocycles. The van der Waals surface area contributed by atoms with Gasteiger partial charge in [0.1, 0.15) is 12.2 Å². The number of aliphatic hydroxyl groups is 1. The highest BCUT2D eigenvalue weighted by Gasteiger charge is 2.68. The second-order valence-electron chi connectivity index (χ2n) is 12.9. The van der Waals surface area contributed by atoms with E-state index in [1.54, 1.807) is 5.57 Å². The monoisotopic (exact) mass is 460 g/mol. The number of hydrogen-bond donors (Lipinski definition) is 1. The standard InChI is InChI=1S/C28H44O5/c1-16(32-17(2)29)24-21(33-18(3)30)15-28(8)20-9-10-22-25(4,5)23(31)12-13-26(22,6)19(20)11-14-27(24,28)7/h11,16,20-24,31H,9-10,12-15H2,1-8H3/t16-,20+,21-,22?,23-,24-,26+,27+,28-/m0/s1. The summed E-state index contributed by atoms with van der Waals surface area (Å²) in [5, 5.41) is 10.8. The van der Waals surface area contributed by atoms with Crippen LogP contribution in [0.25, 0.3) is 0 Å². The van der Waals surface area contributed by atoms with Gasteiger partial charge >= 0.3 is 11.9 Å². The van der Waals surface area contributed by atoms with Crippen molar-refractivity contribution < 1.29 is 24.2 Å². The Kier molecular flexibility index (Phi) is 5.87. The van der Waals surface area contributed by atoms with Crippen molar-refractivity contribution in [2.45, 2.75) is 112 Å². The van der Waals surface area contributed by atoms with Crippen LogP contribution in [0.1, 0.15) is 93.9 Å². The largest absolute Gasteiger partial charge is 0.462 e. The predicted molar refractivity (Wildman–Crippen MR) is 127 cm³/mol. The van der Waals surface area contributed by atoms with Crippen molar-refractivity contribution in [2.24, 2.45) is 39.4 Å². The van der Waals surface area contributed by atoms with Gasteiger partial charge in [0, 0.05) is 19.8 Å². The molecular formula is C28H44O5. The van der Waals surface area contributed by atoms with E-state index >= 15 is 0 Å². The lowest BCUT2D eigenvalue weighted by Crippen LogP contribution is -2.58. The van der Waals surface area contributed by atoms with Crippen molar-refractivity contribution in [1.29, 1.82) is 0 Å². The van der Waals surface area contributed by atoms with Crippen LogP contribution in [0.15, 0.2) is 11.6 Å². The molecule has 4 rings (SSSR count). The topological polar surface area (TPSA) is 72.8 Å². The van der Waals surface area contributed by atoms with Gasteiger partial charge in [-0.05, 0) is 78.9 Å². The second kappa shape index (κ2) is 7.83. The first-order valence-corrected chi connectivity index (χ1v) is 12.9. The third-order valence-corrected chi connectivity index (χ3v) is 11.0. The van der Waals surface area contributed by atoms with Crippen molar-refractivity contribution >= 4 is 11.9 Å². The molecule has 0 aliphatic heterocycles. The smallest absolute Gasteiger partial charge is 0.302 e. The normalized spacial score (nSPS) is 46.8. The summed E-state index contributed by atoms with van der Waals surface area (Å²) in [5.41, 5.74) is 1.38. The summed E-state index contributed by atoms with van der Waals surface area (Å²) in [6.45, 7) is 16.6. The minimum absolute atomic E-state index is 0.0387. The Labute approximate surface area is 199 Å². The molecule has 0 spiro atoms. The lowest BCUT2D eigenvalue weighted by molar-refractivity contribution is -0.161. The summed E-state index contributed by atoms with van der Waals surface area (Å²) in [7, 11) is 0. The molecule has 5 nitrogen and oxygen atoms in total. The van der Waals surface area contributed by atoms with Gasteiger partial charge in [-0.3, -0.25) is 9.59 Å². The molecule has 0 amide bonds. The van der Waals surface area contributed by atoms with Gasteiger partial charge in [0.2, 0.25) is 0 Å². The lowest BCUT2D eigenvalue weighted by Gasteiger charge is -2.64. The maximum absolute atomic E-state index is 12.1. The van der Waals surface area contributed by atoms with Gasteiger partial charge < -0.3 is 14.6 Å². The van der Waals surface area contributed by atoms with Crippen LogP contribution in [0.5, 0.6) is 0 Å². The van der Waals surface area contributed by atoms with E-state index in [1.807, 2.05) is 6.92 Å². The van der Waals surface area contributed by atoms with Gasteiger partial charge in [0.15, 0.2) is 0 Å². The molecule has 0 radical (unpaired) electrons. The highest BCUT2D eigenvalue weighted by molar-refractivity contribution is 5.67. The molecule has 0 aromatic heterocycles. The van der Waals surface area contributed by atoms with E-state index in [4.69, 9.17) is 9.47 Å². The van der Waals surface area contributed by atoms with E-state index in [9.17, 15) is 14.7 Å². The number of allylic oxidation sites excluding steroid dienone is 2. The van der Waals surface area contributed by atoms with E-state index in [2.05, 4.69) is 40.7 Å². The van der Waals surface area contributed by atoms with Gasteiger partial charge in [-0.1, -0.05) is 46.3 Å². The molecule has 1 N–H and O–H groups in total. The van der Waals surface area contributed by atoms with Crippen LogP contribution in [-0.4, -0.2) is 35.4 Å². The maximum Gasteiger partial charge on any atom is 0.302 e. The summed E-state index contributed by atoms with van der Waals surface area (Å²) in [6.07, 6.45) is 7.45. The third-order valence-electron chi connectivity index (χ3n) is 11.0. The molecule has 4 aliphatic rings. The highest BCUT2D eigenvalue weighted by atomic mass is 16.6. The number of esters is 2. The molecule has 0 heterocycles. The Morgan fingerprint density at radius 3 is 2.30 bits per heavy atom. The van der Waals surface area contributed by atoms with E-state index < -0.39 is 0 Å². The van der Waals surface area contributed by atoms with E-state index in [0.29, 0.717) is 11.8 Å². The molecule has 1 unspecified atom stereocenters. The summed E-state index contributed by atoms with van der Waals surface area (Å²) >= 11 is 0. The minimum Gasteiger partial charge on any atom is -0.462 e. The summed E-state index contributed by atoms with van der Waals surface area (Å²) in [4.78, 5) is 23.9. The zero-order valence-corrected chi connectivity index (χ0v) is 21.9. The van der Waals surface area contributed by atoms with Crippen LogP contribution in [-0.2, 0) is 19.1 Å². The quantitative estimate of drug-likeness (QED) is 0.448. The van der Waals surface area contributed by atoms with Crippen LogP contribution in [0.4, 0.5) is 0 Å². The average Bonchev–Trinajstić information content (AvgIpc) is 2.91. The molecule has 3 fully saturated rings. The van der Waals surface area contributed by atoms with Crippen LogP contribution in [0, 0.1) is 39.4 Å². The Morgan fingerprint density at radius 2 is 1.70 bits per heavy atom.